The van der Waals surface area contributed by atoms with Crippen LogP contribution in [0.25, 0.3) is 0 Å². The molecule has 2 rings (SSSR count). The topological polar surface area (TPSA) is 66.8 Å². The zero-order valence-corrected chi connectivity index (χ0v) is 10.1. The minimum absolute atomic E-state index is 0.0684. The molecule has 0 aromatic rings. The van der Waals surface area contributed by atoms with Crippen molar-refractivity contribution >= 4 is 11.9 Å². The lowest BCUT2D eigenvalue weighted by molar-refractivity contribution is -0.149. The van der Waals surface area contributed by atoms with E-state index >= 15 is 0 Å². The summed E-state index contributed by atoms with van der Waals surface area (Å²) in [6.45, 7) is 3.36. The lowest BCUT2D eigenvalue weighted by atomic mass is 9.81. The molecular formula is C12H19NO4. The maximum absolute atomic E-state index is 11.8. The van der Waals surface area contributed by atoms with Crippen molar-refractivity contribution in [3.8, 4) is 0 Å². The van der Waals surface area contributed by atoms with Crippen LogP contribution < -0.4 is 0 Å². The number of fused-ring (bicyclic) bond motifs is 1. The van der Waals surface area contributed by atoms with Crippen LogP contribution in [0.2, 0.25) is 0 Å². The third kappa shape index (κ3) is 2.04. The Kier molecular flexibility index (Phi) is 3.38. The summed E-state index contributed by atoms with van der Waals surface area (Å²) < 4.78 is 5.08. The maximum Gasteiger partial charge on any atom is 0.311 e. The summed E-state index contributed by atoms with van der Waals surface area (Å²) in [7, 11) is 0. The number of amides is 1. The summed E-state index contributed by atoms with van der Waals surface area (Å²) in [6, 6.07) is 0. The number of ether oxygens (including phenoxy) is 1. The fraction of sp³-hybridized carbons (Fsp3) is 0.833. The number of likely N-dealkylation sites (tertiary alicyclic amines) is 1. The van der Waals surface area contributed by atoms with Crippen molar-refractivity contribution in [1.82, 2.24) is 4.90 Å². The first-order valence-corrected chi connectivity index (χ1v) is 6.19. The number of carboxylic acid groups (broad SMARTS) is 1. The SMILES string of the molecule is CCOCC(=O)N1C[C@@H]2CCC[C@@]2(C(=O)O)C1. The summed E-state index contributed by atoms with van der Waals surface area (Å²) in [4.78, 5) is 24.9. The Morgan fingerprint density at radius 2 is 2.29 bits per heavy atom. The number of nitrogens with zero attached hydrogens (tertiary/aromatic N) is 1. The molecule has 5 nitrogen and oxygen atoms in total. The highest BCUT2D eigenvalue weighted by atomic mass is 16.5. The number of carboxylic acids is 1. The van der Waals surface area contributed by atoms with Gasteiger partial charge in [-0.2, -0.15) is 0 Å². The lowest BCUT2D eigenvalue weighted by Gasteiger charge is -2.23. The molecule has 0 unspecified atom stereocenters. The van der Waals surface area contributed by atoms with Crippen molar-refractivity contribution in [2.75, 3.05) is 26.3 Å². The summed E-state index contributed by atoms with van der Waals surface area (Å²) in [6.07, 6.45) is 2.58. The minimum atomic E-state index is -0.744. The van der Waals surface area contributed by atoms with Gasteiger partial charge in [-0.25, -0.2) is 0 Å². The van der Waals surface area contributed by atoms with E-state index in [0.29, 0.717) is 26.1 Å². The van der Waals surface area contributed by atoms with Gasteiger partial charge in [0.2, 0.25) is 5.91 Å². The average molecular weight is 241 g/mol. The molecule has 0 radical (unpaired) electrons. The first kappa shape index (κ1) is 12.4. The number of aliphatic carboxylic acids is 1. The van der Waals surface area contributed by atoms with E-state index < -0.39 is 11.4 Å². The first-order chi connectivity index (χ1) is 8.10. The van der Waals surface area contributed by atoms with Crippen molar-refractivity contribution < 1.29 is 19.4 Å². The normalized spacial score (nSPS) is 31.6. The first-order valence-electron chi connectivity index (χ1n) is 6.19. The molecule has 1 N–H and O–H groups in total. The molecule has 1 saturated heterocycles. The average Bonchev–Trinajstić information content (AvgIpc) is 2.82. The van der Waals surface area contributed by atoms with Gasteiger partial charge in [-0.05, 0) is 25.7 Å². The van der Waals surface area contributed by atoms with Crippen LogP contribution in [0.3, 0.4) is 0 Å². The molecule has 2 fully saturated rings. The summed E-state index contributed by atoms with van der Waals surface area (Å²) in [5.74, 6) is -0.695. The maximum atomic E-state index is 11.8. The zero-order valence-electron chi connectivity index (χ0n) is 10.1. The van der Waals surface area contributed by atoms with Crippen LogP contribution in [0, 0.1) is 11.3 Å². The Labute approximate surface area is 101 Å². The molecule has 0 bridgehead atoms. The quantitative estimate of drug-likeness (QED) is 0.788. The Bertz CT molecular complexity index is 330. The van der Waals surface area contributed by atoms with E-state index in [0.717, 1.165) is 12.8 Å². The van der Waals surface area contributed by atoms with E-state index in [9.17, 15) is 14.7 Å². The Hall–Kier alpha value is -1.10. The molecule has 2 atom stereocenters. The predicted molar refractivity (Wildman–Crippen MR) is 60.5 cm³/mol. The molecule has 1 heterocycles. The van der Waals surface area contributed by atoms with E-state index in [-0.39, 0.29) is 18.4 Å². The number of rotatable bonds is 4. The van der Waals surface area contributed by atoms with Gasteiger partial charge < -0.3 is 14.7 Å². The largest absolute Gasteiger partial charge is 0.481 e. The molecule has 1 aliphatic heterocycles. The molecule has 96 valence electrons. The molecule has 0 spiro atoms. The molecule has 17 heavy (non-hydrogen) atoms. The van der Waals surface area contributed by atoms with Gasteiger partial charge in [0.1, 0.15) is 6.61 Å². The van der Waals surface area contributed by atoms with Gasteiger partial charge in [0.05, 0.1) is 5.41 Å². The number of hydrogen-bond donors (Lipinski definition) is 1. The van der Waals surface area contributed by atoms with Gasteiger partial charge in [0.25, 0.3) is 0 Å². The van der Waals surface area contributed by atoms with Crippen molar-refractivity contribution in [1.29, 1.82) is 0 Å². The fourth-order valence-electron chi connectivity index (χ4n) is 3.11. The standard InChI is InChI=1S/C12H19NO4/c1-2-17-7-10(14)13-6-9-4-3-5-12(9,8-13)11(15)16/h9H,2-8H2,1H3,(H,15,16)/t9-,12+/m0/s1. The lowest BCUT2D eigenvalue weighted by Crippen LogP contribution is -2.38. The summed E-state index contributed by atoms with van der Waals surface area (Å²) >= 11 is 0. The Morgan fingerprint density at radius 3 is 2.88 bits per heavy atom. The van der Waals surface area contributed by atoms with Crippen molar-refractivity contribution in [2.24, 2.45) is 11.3 Å². The second-order valence-corrected chi connectivity index (χ2v) is 4.96. The monoisotopic (exact) mass is 241 g/mol. The molecule has 2 aliphatic rings. The van der Waals surface area contributed by atoms with Gasteiger partial charge in [0, 0.05) is 19.7 Å². The minimum Gasteiger partial charge on any atom is -0.481 e. The van der Waals surface area contributed by atoms with Gasteiger partial charge in [0.15, 0.2) is 0 Å². The van der Waals surface area contributed by atoms with Crippen LogP contribution in [-0.4, -0.2) is 48.2 Å². The highest BCUT2D eigenvalue weighted by molar-refractivity contribution is 5.82. The predicted octanol–water partition coefficient (Wildman–Crippen LogP) is 0.736. The molecule has 0 aromatic heterocycles. The molecule has 5 heteroatoms. The fourth-order valence-corrected chi connectivity index (χ4v) is 3.11. The van der Waals surface area contributed by atoms with Crippen molar-refractivity contribution in [2.45, 2.75) is 26.2 Å². The second kappa shape index (κ2) is 4.64. The Morgan fingerprint density at radius 1 is 1.53 bits per heavy atom. The smallest absolute Gasteiger partial charge is 0.311 e. The molecule has 1 saturated carbocycles. The number of carbonyl (C=O) groups is 2. The van der Waals surface area contributed by atoms with Crippen LogP contribution in [0.5, 0.6) is 0 Å². The van der Waals surface area contributed by atoms with Gasteiger partial charge in [-0.1, -0.05) is 6.42 Å². The number of hydrogen-bond acceptors (Lipinski definition) is 3. The third-order valence-corrected chi connectivity index (χ3v) is 4.08. The van der Waals surface area contributed by atoms with E-state index in [1.54, 1.807) is 4.90 Å². The van der Waals surface area contributed by atoms with Crippen LogP contribution in [0.1, 0.15) is 26.2 Å². The van der Waals surface area contributed by atoms with Gasteiger partial charge in [-0.15, -0.1) is 0 Å². The van der Waals surface area contributed by atoms with Crippen molar-refractivity contribution in [3.05, 3.63) is 0 Å². The zero-order chi connectivity index (χ0) is 12.5. The van der Waals surface area contributed by atoms with Crippen molar-refractivity contribution in [3.63, 3.8) is 0 Å². The molecule has 1 aliphatic carbocycles. The molecular weight excluding hydrogens is 222 g/mol. The van der Waals surface area contributed by atoms with E-state index in [2.05, 4.69) is 0 Å². The summed E-state index contributed by atoms with van der Waals surface area (Å²) in [5.41, 5.74) is -0.679. The van der Waals surface area contributed by atoms with Crippen LogP contribution in [0.15, 0.2) is 0 Å². The Balaban J connectivity index is 2.02. The van der Waals surface area contributed by atoms with Gasteiger partial charge >= 0.3 is 5.97 Å². The van der Waals surface area contributed by atoms with Crippen LogP contribution >= 0.6 is 0 Å². The second-order valence-electron chi connectivity index (χ2n) is 4.96. The van der Waals surface area contributed by atoms with Crippen LogP contribution in [0.4, 0.5) is 0 Å². The molecule has 0 aromatic carbocycles. The van der Waals surface area contributed by atoms with E-state index in [1.807, 2.05) is 6.92 Å². The van der Waals surface area contributed by atoms with E-state index in [1.165, 1.54) is 0 Å². The van der Waals surface area contributed by atoms with Gasteiger partial charge in [-0.3, -0.25) is 9.59 Å². The molecule has 1 amide bonds. The highest BCUT2D eigenvalue weighted by Gasteiger charge is 2.55. The summed E-state index contributed by atoms with van der Waals surface area (Å²) in [5, 5.41) is 9.38. The van der Waals surface area contributed by atoms with E-state index in [4.69, 9.17) is 4.74 Å². The van der Waals surface area contributed by atoms with Crippen LogP contribution in [-0.2, 0) is 14.3 Å². The highest BCUT2D eigenvalue weighted by Crippen LogP contribution is 2.48. The third-order valence-electron chi connectivity index (χ3n) is 4.08. The number of carbonyl (C=O) groups excluding carboxylic acids is 1.